The monoisotopic (exact) mass is 323 g/mol. The first-order chi connectivity index (χ1) is 10.5. The van der Waals surface area contributed by atoms with Gasteiger partial charge < -0.3 is 14.1 Å². The molecule has 0 fully saturated rings. The first kappa shape index (κ1) is 16.5. The fourth-order valence-electron chi connectivity index (χ4n) is 2.11. The van der Waals surface area contributed by atoms with Crippen LogP contribution in [-0.4, -0.2) is 37.1 Å². The van der Waals surface area contributed by atoms with Crippen molar-refractivity contribution >= 4 is 28.5 Å². The van der Waals surface area contributed by atoms with Crippen LogP contribution in [0.4, 0.5) is 0 Å². The van der Waals surface area contributed by atoms with Crippen molar-refractivity contribution < 1.29 is 13.9 Å². The highest BCUT2D eigenvalue weighted by molar-refractivity contribution is 6.31. The Balaban J connectivity index is 2.12. The normalized spacial score (nSPS) is 11.1. The van der Waals surface area contributed by atoms with Gasteiger partial charge in [-0.05, 0) is 31.3 Å². The fourth-order valence-corrected chi connectivity index (χ4v) is 2.28. The van der Waals surface area contributed by atoms with Crippen LogP contribution in [0, 0.1) is 0 Å². The number of likely N-dealkylation sites (N-methyl/N-ethyl adjacent to an activating group) is 1. The SMILES string of the molecule is CCN(CC)CCOC(=O)c1cc(=O)c2cc(Cl)ccc2o1. The zero-order valence-corrected chi connectivity index (χ0v) is 13.4. The van der Waals surface area contributed by atoms with Crippen molar-refractivity contribution in [3.05, 3.63) is 45.3 Å². The number of benzene rings is 1. The molecule has 1 aromatic heterocycles. The number of carbonyl (C=O) groups is 1. The molecule has 2 rings (SSSR count). The molecular formula is C16H18ClNO4. The molecule has 1 heterocycles. The molecule has 0 N–H and O–H groups in total. The van der Waals surface area contributed by atoms with Crippen molar-refractivity contribution in [1.29, 1.82) is 0 Å². The number of esters is 1. The number of fused-ring (bicyclic) bond motifs is 1. The largest absolute Gasteiger partial charge is 0.458 e. The number of nitrogens with zero attached hydrogens (tertiary/aromatic N) is 1. The predicted octanol–water partition coefficient (Wildman–Crippen LogP) is 2.95. The van der Waals surface area contributed by atoms with E-state index < -0.39 is 5.97 Å². The predicted molar refractivity (Wildman–Crippen MR) is 85.6 cm³/mol. The molecule has 0 aliphatic carbocycles. The molecule has 0 aliphatic rings. The molecule has 6 heteroatoms. The van der Waals surface area contributed by atoms with Crippen LogP contribution >= 0.6 is 11.6 Å². The molecule has 22 heavy (non-hydrogen) atoms. The Morgan fingerprint density at radius 3 is 2.68 bits per heavy atom. The molecule has 0 atom stereocenters. The first-order valence-corrected chi connectivity index (χ1v) is 7.55. The topological polar surface area (TPSA) is 59.8 Å². The fraction of sp³-hybridized carbons (Fsp3) is 0.375. The van der Waals surface area contributed by atoms with Crippen LogP contribution in [0.25, 0.3) is 11.0 Å². The summed E-state index contributed by atoms with van der Waals surface area (Å²) >= 11 is 5.84. The number of halogens is 1. The van der Waals surface area contributed by atoms with Gasteiger partial charge in [0.05, 0.1) is 5.39 Å². The minimum absolute atomic E-state index is 0.0978. The van der Waals surface area contributed by atoms with Crippen molar-refractivity contribution in [2.75, 3.05) is 26.2 Å². The van der Waals surface area contributed by atoms with E-state index in [-0.39, 0.29) is 17.8 Å². The molecule has 0 radical (unpaired) electrons. The van der Waals surface area contributed by atoms with E-state index in [0.29, 0.717) is 22.5 Å². The molecule has 1 aromatic carbocycles. The third-order valence-electron chi connectivity index (χ3n) is 3.43. The average Bonchev–Trinajstić information content (AvgIpc) is 2.52. The molecule has 0 unspecified atom stereocenters. The van der Waals surface area contributed by atoms with Crippen LogP contribution in [0.1, 0.15) is 24.4 Å². The molecule has 0 amide bonds. The van der Waals surface area contributed by atoms with Crippen LogP contribution in [0.15, 0.2) is 33.5 Å². The van der Waals surface area contributed by atoms with Crippen molar-refractivity contribution in [2.24, 2.45) is 0 Å². The standard InChI is InChI=1S/C16H18ClNO4/c1-3-18(4-2)7-8-21-16(20)15-10-13(19)12-9-11(17)5-6-14(12)22-15/h5-6,9-10H,3-4,7-8H2,1-2H3. The number of rotatable bonds is 6. The Bertz CT molecular complexity index is 722. The van der Waals surface area contributed by atoms with Gasteiger partial charge in [0.1, 0.15) is 12.2 Å². The zero-order valence-electron chi connectivity index (χ0n) is 12.6. The molecule has 5 nitrogen and oxygen atoms in total. The molecule has 0 saturated carbocycles. The summed E-state index contributed by atoms with van der Waals surface area (Å²) in [5.41, 5.74) is -0.00737. The van der Waals surface area contributed by atoms with E-state index in [4.69, 9.17) is 20.8 Å². The van der Waals surface area contributed by atoms with E-state index >= 15 is 0 Å². The number of ether oxygens (including phenoxy) is 1. The molecule has 0 aliphatic heterocycles. The van der Waals surface area contributed by atoms with Crippen molar-refractivity contribution in [3.63, 3.8) is 0 Å². The minimum Gasteiger partial charge on any atom is -0.458 e. The maximum absolute atomic E-state index is 12.0. The van der Waals surface area contributed by atoms with Gasteiger partial charge in [0.25, 0.3) is 0 Å². The van der Waals surface area contributed by atoms with E-state index in [0.717, 1.165) is 19.2 Å². The molecular weight excluding hydrogens is 306 g/mol. The van der Waals surface area contributed by atoms with Gasteiger partial charge in [-0.15, -0.1) is 0 Å². The molecule has 0 bridgehead atoms. The van der Waals surface area contributed by atoms with Gasteiger partial charge in [0.2, 0.25) is 5.76 Å². The minimum atomic E-state index is -0.638. The van der Waals surface area contributed by atoms with Gasteiger partial charge >= 0.3 is 5.97 Å². The first-order valence-electron chi connectivity index (χ1n) is 7.18. The van der Waals surface area contributed by atoms with E-state index in [9.17, 15) is 9.59 Å². The lowest BCUT2D eigenvalue weighted by molar-refractivity contribution is 0.0431. The van der Waals surface area contributed by atoms with Gasteiger partial charge in [0, 0.05) is 17.6 Å². The summed E-state index contributed by atoms with van der Waals surface area (Å²) in [5, 5.41) is 0.779. The lowest BCUT2D eigenvalue weighted by Crippen LogP contribution is -2.28. The number of hydrogen-bond acceptors (Lipinski definition) is 5. The third-order valence-corrected chi connectivity index (χ3v) is 3.66. The average molecular weight is 324 g/mol. The summed E-state index contributed by atoms with van der Waals surface area (Å²) in [6.45, 7) is 6.76. The molecule has 0 saturated heterocycles. The summed E-state index contributed by atoms with van der Waals surface area (Å²) in [7, 11) is 0. The second-order valence-electron chi connectivity index (χ2n) is 4.78. The van der Waals surface area contributed by atoms with Crippen LogP contribution in [0.5, 0.6) is 0 Å². The number of hydrogen-bond donors (Lipinski definition) is 0. The van der Waals surface area contributed by atoms with Crippen molar-refractivity contribution in [1.82, 2.24) is 4.90 Å². The van der Waals surface area contributed by atoms with Crippen LogP contribution in [0.3, 0.4) is 0 Å². The summed E-state index contributed by atoms with van der Waals surface area (Å²) in [6.07, 6.45) is 0. The van der Waals surface area contributed by atoms with Gasteiger partial charge in [-0.25, -0.2) is 4.79 Å². The third kappa shape index (κ3) is 3.87. The highest BCUT2D eigenvalue weighted by Crippen LogP contribution is 2.17. The van der Waals surface area contributed by atoms with E-state index in [1.54, 1.807) is 12.1 Å². The maximum Gasteiger partial charge on any atom is 0.374 e. The summed E-state index contributed by atoms with van der Waals surface area (Å²) in [4.78, 5) is 26.1. The van der Waals surface area contributed by atoms with Crippen LogP contribution < -0.4 is 5.43 Å². The Morgan fingerprint density at radius 2 is 2.00 bits per heavy atom. The Labute approximate surface area is 133 Å². The highest BCUT2D eigenvalue weighted by Gasteiger charge is 2.14. The molecule has 118 valence electrons. The smallest absolute Gasteiger partial charge is 0.374 e. The molecule has 2 aromatic rings. The summed E-state index contributed by atoms with van der Waals surface area (Å²) in [5.74, 6) is -0.736. The van der Waals surface area contributed by atoms with E-state index in [1.165, 1.54) is 6.07 Å². The maximum atomic E-state index is 12.0. The number of carbonyl (C=O) groups excluding carboxylic acids is 1. The van der Waals surface area contributed by atoms with Crippen LogP contribution in [0.2, 0.25) is 5.02 Å². The Hall–Kier alpha value is -1.85. The zero-order chi connectivity index (χ0) is 16.1. The van der Waals surface area contributed by atoms with E-state index in [1.807, 2.05) is 13.8 Å². The summed E-state index contributed by atoms with van der Waals surface area (Å²) < 4.78 is 10.6. The van der Waals surface area contributed by atoms with Crippen LogP contribution in [-0.2, 0) is 4.74 Å². The van der Waals surface area contributed by atoms with Crippen molar-refractivity contribution in [2.45, 2.75) is 13.8 Å². The lowest BCUT2D eigenvalue weighted by Gasteiger charge is -2.17. The van der Waals surface area contributed by atoms with E-state index in [2.05, 4.69) is 4.90 Å². The second kappa shape index (κ2) is 7.42. The second-order valence-corrected chi connectivity index (χ2v) is 5.21. The van der Waals surface area contributed by atoms with Gasteiger partial charge in [0.15, 0.2) is 5.43 Å². The Morgan fingerprint density at radius 1 is 1.27 bits per heavy atom. The van der Waals surface area contributed by atoms with Crippen molar-refractivity contribution in [3.8, 4) is 0 Å². The summed E-state index contributed by atoms with van der Waals surface area (Å²) in [6, 6.07) is 5.81. The van der Waals surface area contributed by atoms with Gasteiger partial charge in [-0.3, -0.25) is 4.79 Å². The highest BCUT2D eigenvalue weighted by atomic mass is 35.5. The lowest BCUT2D eigenvalue weighted by atomic mass is 10.2. The molecule has 0 spiro atoms. The van der Waals surface area contributed by atoms with Gasteiger partial charge in [-0.2, -0.15) is 0 Å². The Kier molecular flexibility index (Phi) is 5.57. The van der Waals surface area contributed by atoms with Gasteiger partial charge in [-0.1, -0.05) is 25.4 Å². The quantitative estimate of drug-likeness (QED) is 0.765.